The molecule has 2 rings (SSSR count). The zero-order valence-corrected chi connectivity index (χ0v) is 15.9. The fourth-order valence-corrected chi connectivity index (χ4v) is 2.97. The van der Waals surface area contributed by atoms with Gasteiger partial charge in [-0.2, -0.15) is 0 Å². The Morgan fingerprint density at radius 2 is 1.73 bits per heavy atom. The van der Waals surface area contributed by atoms with Crippen LogP contribution in [0.4, 0.5) is 0 Å². The SMILES string of the molecule is COc1ccc(C(=O)N(C)[C@@H](C(=O)c2ccc(Cl)cc2)C(C)C)c(O)c1. The summed E-state index contributed by atoms with van der Waals surface area (Å²) in [4.78, 5) is 27.2. The van der Waals surface area contributed by atoms with Gasteiger partial charge in [0.1, 0.15) is 11.5 Å². The number of ketones is 1. The summed E-state index contributed by atoms with van der Waals surface area (Å²) in [5, 5.41) is 10.7. The molecule has 0 heterocycles. The van der Waals surface area contributed by atoms with E-state index in [2.05, 4.69) is 0 Å². The second kappa shape index (κ2) is 8.23. The molecule has 138 valence electrons. The van der Waals surface area contributed by atoms with Gasteiger partial charge in [-0.15, -0.1) is 0 Å². The third-order valence-electron chi connectivity index (χ3n) is 4.20. The van der Waals surface area contributed by atoms with Crippen LogP contribution >= 0.6 is 11.6 Å². The number of rotatable bonds is 6. The Labute approximate surface area is 158 Å². The standard InChI is InChI=1S/C20H22ClNO4/c1-12(2)18(19(24)13-5-7-14(21)8-6-13)22(3)20(25)16-10-9-15(26-4)11-17(16)23/h5-12,18,23H,1-4H3/t18-/m1/s1. The van der Waals surface area contributed by atoms with E-state index in [1.165, 1.54) is 24.1 Å². The third kappa shape index (κ3) is 4.17. The molecule has 1 amide bonds. The molecule has 0 aliphatic rings. The quantitative estimate of drug-likeness (QED) is 0.774. The molecule has 5 nitrogen and oxygen atoms in total. The summed E-state index contributed by atoms with van der Waals surface area (Å²) in [6.07, 6.45) is 0. The van der Waals surface area contributed by atoms with E-state index < -0.39 is 11.9 Å². The number of benzene rings is 2. The lowest BCUT2D eigenvalue weighted by molar-refractivity contribution is 0.0607. The van der Waals surface area contributed by atoms with Crippen molar-refractivity contribution in [2.45, 2.75) is 19.9 Å². The maximum atomic E-state index is 12.9. The second-order valence-corrected chi connectivity index (χ2v) is 6.80. The molecule has 0 saturated heterocycles. The summed E-state index contributed by atoms with van der Waals surface area (Å²) in [6.45, 7) is 3.74. The zero-order valence-electron chi connectivity index (χ0n) is 15.2. The van der Waals surface area contributed by atoms with Gasteiger partial charge in [0.2, 0.25) is 0 Å². The molecule has 2 aromatic carbocycles. The van der Waals surface area contributed by atoms with Gasteiger partial charge in [-0.25, -0.2) is 0 Å². The molecule has 6 heteroatoms. The van der Waals surface area contributed by atoms with Crippen LogP contribution in [0.3, 0.4) is 0 Å². The van der Waals surface area contributed by atoms with E-state index in [-0.39, 0.29) is 23.0 Å². The minimum atomic E-state index is -0.676. The van der Waals surface area contributed by atoms with Gasteiger partial charge in [0.05, 0.1) is 18.7 Å². The molecule has 0 aliphatic carbocycles. The van der Waals surface area contributed by atoms with Crippen LogP contribution in [-0.4, -0.2) is 41.9 Å². The number of phenols is 1. The van der Waals surface area contributed by atoms with Gasteiger partial charge in [-0.05, 0) is 42.3 Å². The lowest BCUT2D eigenvalue weighted by Gasteiger charge is -2.30. The molecule has 0 bridgehead atoms. The summed E-state index contributed by atoms with van der Waals surface area (Å²) >= 11 is 5.88. The first-order valence-corrected chi connectivity index (χ1v) is 8.58. The van der Waals surface area contributed by atoms with Gasteiger partial charge in [-0.3, -0.25) is 9.59 Å². The van der Waals surface area contributed by atoms with Crippen LogP contribution in [0.25, 0.3) is 0 Å². The molecule has 0 aromatic heterocycles. The van der Waals surface area contributed by atoms with Gasteiger partial charge in [0.25, 0.3) is 5.91 Å². The highest BCUT2D eigenvalue weighted by molar-refractivity contribution is 6.30. The predicted molar refractivity (Wildman–Crippen MR) is 101 cm³/mol. The number of halogens is 1. The third-order valence-corrected chi connectivity index (χ3v) is 4.45. The van der Waals surface area contributed by atoms with Crippen molar-refractivity contribution in [1.82, 2.24) is 4.90 Å². The van der Waals surface area contributed by atoms with E-state index >= 15 is 0 Å². The van der Waals surface area contributed by atoms with E-state index in [4.69, 9.17) is 16.3 Å². The molecular weight excluding hydrogens is 354 g/mol. The second-order valence-electron chi connectivity index (χ2n) is 6.36. The fourth-order valence-electron chi connectivity index (χ4n) is 2.85. The molecular formula is C20H22ClNO4. The van der Waals surface area contributed by atoms with Crippen molar-refractivity contribution in [3.63, 3.8) is 0 Å². The molecule has 0 aliphatic heterocycles. The number of carbonyl (C=O) groups excluding carboxylic acids is 2. The number of amides is 1. The molecule has 0 spiro atoms. The van der Waals surface area contributed by atoms with Crippen LogP contribution < -0.4 is 4.74 Å². The Balaban J connectivity index is 2.33. The number of ether oxygens (including phenoxy) is 1. The molecule has 1 atom stereocenters. The predicted octanol–water partition coefficient (Wildman–Crippen LogP) is 4.03. The molecule has 0 fully saturated rings. The number of Topliss-reactive ketones (excluding diaryl/α,β-unsaturated/α-hetero) is 1. The van der Waals surface area contributed by atoms with Crippen molar-refractivity contribution < 1.29 is 19.4 Å². The largest absolute Gasteiger partial charge is 0.507 e. The van der Waals surface area contributed by atoms with Gasteiger partial charge in [-0.1, -0.05) is 25.4 Å². The van der Waals surface area contributed by atoms with Crippen LogP contribution in [0.15, 0.2) is 42.5 Å². The Kier molecular flexibility index (Phi) is 6.27. The summed E-state index contributed by atoms with van der Waals surface area (Å²) in [5.41, 5.74) is 0.592. The van der Waals surface area contributed by atoms with Gasteiger partial charge in [0.15, 0.2) is 5.78 Å². The lowest BCUT2D eigenvalue weighted by Crippen LogP contribution is -2.45. The van der Waals surface area contributed by atoms with Gasteiger partial charge >= 0.3 is 0 Å². The number of aromatic hydroxyl groups is 1. The number of hydrogen-bond acceptors (Lipinski definition) is 4. The summed E-state index contributed by atoms with van der Waals surface area (Å²) < 4.78 is 5.03. The molecule has 0 unspecified atom stereocenters. The van der Waals surface area contributed by atoms with Crippen LogP contribution in [-0.2, 0) is 0 Å². The molecule has 0 saturated carbocycles. The monoisotopic (exact) mass is 375 g/mol. The first-order valence-electron chi connectivity index (χ1n) is 8.20. The first-order chi connectivity index (χ1) is 12.3. The summed E-state index contributed by atoms with van der Waals surface area (Å²) in [6, 6.07) is 10.3. The summed E-state index contributed by atoms with van der Waals surface area (Å²) in [5.74, 6) is -0.485. The van der Waals surface area contributed by atoms with E-state index in [0.717, 1.165) is 0 Å². The van der Waals surface area contributed by atoms with Crippen LogP contribution in [0.5, 0.6) is 11.5 Å². The number of likely N-dealkylation sites (N-methyl/N-ethyl adjacent to an activating group) is 1. The molecule has 0 radical (unpaired) electrons. The van der Waals surface area contributed by atoms with Crippen molar-refractivity contribution in [2.24, 2.45) is 5.92 Å². The maximum absolute atomic E-state index is 12.9. The number of nitrogens with zero attached hydrogens (tertiary/aromatic N) is 1. The minimum absolute atomic E-state index is 0.114. The van der Waals surface area contributed by atoms with Gasteiger partial charge in [0, 0.05) is 23.7 Å². The Morgan fingerprint density at radius 1 is 1.12 bits per heavy atom. The smallest absolute Gasteiger partial charge is 0.257 e. The van der Waals surface area contributed by atoms with E-state index in [9.17, 15) is 14.7 Å². The Bertz CT molecular complexity index is 802. The Hall–Kier alpha value is -2.53. The molecule has 1 N–H and O–H groups in total. The topological polar surface area (TPSA) is 66.8 Å². The first kappa shape index (κ1) is 19.8. The van der Waals surface area contributed by atoms with E-state index in [1.807, 2.05) is 13.8 Å². The number of hydrogen-bond donors (Lipinski definition) is 1. The van der Waals surface area contributed by atoms with Crippen LogP contribution in [0.2, 0.25) is 5.02 Å². The van der Waals surface area contributed by atoms with Crippen molar-refractivity contribution in [2.75, 3.05) is 14.2 Å². The van der Waals surface area contributed by atoms with E-state index in [1.54, 1.807) is 37.4 Å². The number of carbonyl (C=O) groups is 2. The van der Waals surface area contributed by atoms with Crippen molar-refractivity contribution in [3.8, 4) is 11.5 Å². The number of methoxy groups -OCH3 is 1. The normalized spacial score (nSPS) is 11.9. The average Bonchev–Trinajstić information content (AvgIpc) is 2.61. The highest BCUT2D eigenvalue weighted by Crippen LogP contribution is 2.26. The Morgan fingerprint density at radius 3 is 2.23 bits per heavy atom. The molecule has 2 aromatic rings. The van der Waals surface area contributed by atoms with Crippen LogP contribution in [0.1, 0.15) is 34.6 Å². The number of phenolic OH excluding ortho intramolecular Hbond substituents is 1. The summed E-state index contributed by atoms with van der Waals surface area (Å²) in [7, 11) is 3.03. The van der Waals surface area contributed by atoms with Crippen molar-refractivity contribution in [3.05, 3.63) is 58.6 Å². The highest BCUT2D eigenvalue weighted by atomic mass is 35.5. The average molecular weight is 376 g/mol. The highest BCUT2D eigenvalue weighted by Gasteiger charge is 2.32. The lowest BCUT2D eigenvalue weighted by atomic mass is 9.93. The fraction of sp³-hybridized carbons (Fsp3) is 0.300. The van der Waals surface area contributed by atoms with Crippen molar-refractivity contribution >= 4 is 23.3 Å². The maximum Gasteiger partial charge on any atom is 0.257 e. The van der Waals surface area contributed by atoms with E-state index in [0.29, 0.717) is 16.3 Å². The minimum Gasteiger partial charge on any atom is -0.507 e. The molecule has 26 heavy (non-hydrogen) atoms. The van der Waals surface area contributed by atoms with Crippen LogP contribution in [0, 0.1) is 5.92 Å². The van der Waals surface area contributed by atoms with Crippen molar-refractivity contribution in [1.29, 1.82) is 0 Å². The zero-order chi connectivity index (χ0) is 19.4. The van der Waals surface area contributed by atoms with Gasteiger partial charge < -0.3 is 14.7 Å².